The molecule has 1 amide bonds. The lowest BCUT2D eigenvalue weighted by Gasteiger charge is -2.20. The lowest BCUT2D eigenvalue weighted by molar-refractivity contribution is -0.131. The van der Waals surface area contributed by atoms with Crippen LogP contribution in [0, 0.1) is 0 Å². The van der Waals surface area contributed by atoms with Gasteiger partial charge in [0.2, 0.25) is 5.91 Å². The van der Waals surface area contributed by atoms with Crippen LogP contribution in [0.25, 0.3) is 0 Å². The summed E-state index contributed by atoms with van der Waals surface area (Å²) >= 11 is 5.71. The molecule has 0 N–H and O–H groups in total. The molecular formula is C15H22ClNO. The maximum absolute atomic E-state index is 12.0. The molecule has 1 aromatic carbocycles. The number of amides is 1. The van der Waals surface area contributed by atoms with Crippen molar-refractivity contribution in [2.24, 2.45) is 0 Å². The molecule has 3 heteroatoms. The largest absolute Gasteiger partial charge is 0.342 e. The highest BCUT2D eigenvalue weighted by Gasteiger charge is 2.11. The molecule has 0 aliphatic rings. The van der Waals surface area contributed by atoms with Crippen molar-refractivity contribution < 1.29 is 4.79 Å². The summed E-state index contributed by atoms with van der Waals surface area (Å²) in [5, 5.41) is 0. The number of aryl methyl sites for hydroxylation is 1. The van der Waals surface area contributed by atoms with Gasteiger partial charge in [0.05, 0.1) is 0 Å². The normalized spacial score (nSPS) is 10.3. The number of nitrogens with zero attached hydrogens (tertiary/aromatic N) is 1. The average Bonchev–Trinajstić information content (AvgIpc) is 2.39. The summed E-state index contributed by atoms with van der Waals surface area (Å²) in [6.07, 6.45) is 3.48. The zero-order valence-electron chi connectivity index (χ0n) is 11.1. The quantitative estimate of drug-likeness (QED) is 0.661. The highest BCUT2D eigenvalue weighted by Crippen LogP contribution is 2.07. The second-order valence-electron chi connectivity index (χ2n) is 4.41. The Balaban J connectivity index is 2.30. The van der Waals surface area contributed by atoms with Crippen LogP contribution in [-0.2, 0) is 11.2 Å². The number of carbonyl (C=O) groups is 1. The fourth-order valence-corrected chi connectivity index (χ4v) is 2.18. The van der Waals surface area contributed by atoms with Crippen molar-refractivity contribution in [3.63, 3.8) is 0 Å². The zero-order valence-corrected chi connectivity index (χ0v) is 11.8. The molecule has 0 atom stereocenters. The number of rotatable bonds is 8. The van der Waals surface area contributed by atoms with Gasteiger partial charge >= 0.3 is 0 Å². The molecule has 0 saturated heterocycles. The molecule has 0 aliphatic heterocycles. The van der Waals surface area contributed by atoms with Crippen molar-refractivity contribution in [3.8, 4) is 0 Å². The SMILES string of the molecule is CCCN(CCCl)C(=O)CCCc1ccccc1. The first-order valence-electron chi connectivity index (χ1n) is 6.65. The van der Waals surface area contributed by atoms with E-state index < -0.39 is 0 Å². The second-order valence-corrected chi connectivity index (χ2v) is 4.79. The van der Waals surface area contributed by atoms with Crippen molar-refractivity contribution in [2.75, 3.05) is 19.0 Å². The second kappa shape index (κ2) is 8.98. The van der Waals surface area contributed by atoms with Gasteiger partial charge in [-0.05, 0) is 24.8 Å². The Labute approximate surface area is 115 Å². The zero-order chi connectivity index (χ0) is 13.2. The Hall–Kier alpha value is -1.02. The van der Waals surface area contributed by atoms with Gasteiger partial charge in [0.1, 0.15) is 0 Å². The summed E-state index contributed by atoms with van der Waals surface area (Å²) in [6, 6.07) is 10.3. The summed E-state index contributed by atoms with van der Waals surface area (Å²) in [5.74, 6) is 0.748. The Kier molecular flexibility index (Phi) is 7.51. The minimum atomic E-state index is 0.230. The average molecular weight is 268 g/mol. The number of hydrogen-bond acceptors (Lipinski definition) is 1. The Morgan fingerprint density at radius 1 is 1.22 bits per heavy atom. The van der Waals surface area contributed by atoms with Gasteiger partial charge in [-0.25, -0.2) is 0 Å². The summed E-state index contributed by atoms with van der Waals surface area (Å²) in [5.41, 5.74) is 1.30. The van der Waals surface area contributed by atoms with Crippen LogP contribution in [-0.4, -0.2) is 29.8 Å². The summed E-state index contributed by atoms with van der Waals surface area (Å²) in [7, 11) is 0. The number of carbonyl (C=O) groups excluding carboxylic acids is 1. The monoisotopic (exact) mass is 267 g/mol. The topological polar surface area (TPSA) is 20.3 Å². The van der Waals surface area contributed by atoms with Gasteiger partial charge < -0.3 is 4.90 Å². The first-order chi connectivity index (χ1) is 8.77. The van der Waals surface area contributed by atoms with E-state index in [1.54, 1.807) is 0 Å². The van der Waals surface area contributed by atoms with Crippen LogP contribution in [0.2, 0.25) is 0 Å². The number of alkyl halides is 1. The lowest BCUT2D eigenvalue weighted by Crippen LogP contribution is -2.33. The lowest BCUT2D eigenvalue weighted by atomic mass is 10.1. The molecule has 0 aromatic heterocycles. The van der Waals surface area contributed by atoms with Crippen molar-refractivity contribution in [3.05, 3.63) is 35.9 Å². The molecule has 0 spiro atoms. The fourth-order valence-electron chi connectivity index (χ4n) is 1.98. The number of benzene rings is 1. The maximum atomic E-state index is 12.0. The molecular weight excluding hydrogens is 246 g/mol. The maximum Gasteiger partial charge on any atom is 0.222 e. The van der Waals surface area contributed by atoms with Crippen LogP contribution in [0.1, 0.15) is 31.7 Å². The molecule has 2 nitrogen and oxygen atoms in total. The predicted octanol–water partition coefficient (Wildman–Crippen LogP) is 3.49. The van der Waals surface area contributed by atoms with E-state index in [9.17, 15) is 4.79 Å². The third-order valence-corrected chi connectivity index (χ3v) is 3.07. The van der Waals surface area contributed by atoms with E-state index >= 15 is 0 Å². The fraction of sp³-hybridized carbons (Fsp3) is 0.533. The van der Waals surface area contributed by atoms with Crippen LogP contribution < -0.4 is 0 Å². The van der Waals surface area contributed by atoms with E-state index in [4.69, 9.17) is 11.6 Å². The Bertz CT molecular complexity index is 334. The van der Waals surface area contributed by atoms with Gasteiger partial charge in [-0.15, -0.1) is 11.6 Å². The van der Waals surface area contributed by atoms with Gasteiger partial charge in [-0.2, -0.15) is 0 Å². The molecule has 0 fully saturated rings. The molecule has 1 rings (SSSR count). The minimum Gasteiger partial charge on any atom is -0.342 e. The molecule has 100 valence electrons. The Morgan fingerprint density at radius 3 is 2.56 bits per heavy atom. The third kappa shape index (κ3) is 5.54. The van der Waals surface area contributed by atoms with Crippen LogP contribution in [0.15, 0.2) is 30.3 Å². The van der Waals surface area contributed by atoms with Crippen molar-refractivity contribution in [2.45, 2.75) is 32.6 Å². The molecule has 0 bridgehead atoms. The predicted molar refractivity (Wildman–Crippen MR) is 77.0 cm³/mol. The summed E-state index contributed by atoms with van der Waals surface area (Å²) in [6.45, 7) is 3.56. The van der Waals surface area contributed by atoms with E-state index in [2.05, 4.69) is 19.1 Å². The summed E-state index contributed by atoms with van der Waals surface area (Å²) < 4.78 is 0. The molecule has 0 aliphatic carbocycles. The number of halogens is 1. The molecule has 1 aromatic rings. The van der Waals surface area contributed by atoms with E-state index in [0.29, 0.717) is 18.8 Å². The Morgan fingerprint density at radius 2 is 1.94 bits per heavy atom. The first-order valence-corrected chi connectivity index (χ1v) is 7.19. The van der Waals surface area contributed by atoms with Gasteiger partial charge in [-0.3, -0.25) is 4.79 Å². The van der Waals surface area contributed by atoms with Crippen LogP contribution in [0.4, 0.5) is 0 Å². The highest BCUT2D eigenvalue weighted by atomic mass is 35.5. The molecule has 0 heterocycles. The van der Waals surface area contributed by atoms with Crippen molar-refractivity contribution >= 4 is 17.5 Å². The van der Waals surface area contributed by atoms with E-state index in [1.165, 1.54) is 5.56 Å². The highest BCUT2D eigenvalue weighted by molar-refractivity contribution is 6.18. The molecule has 0 saturated carbocycles. The van der Waals surface area contributed by atoms with Crippen LogP contribution >= 0.6 is 11.6 Å². The van der Waals surface area contributed by atoms with Crippen LogP contribution in [0.5, 0.6) is 0 Å². The molecule has 0 unspecified atom stereocenters. The molecule has 0 radical (unpaired) electrons. The van der Waals surface area contributed by atoms with Crippen LogP contribution in [0.3, 0.4) is 0 Å². The third-order valence-electron chi connectivity index (χ3n) is 2.90. The smallest absolute Gasteiger partial charge is 0.222 e. The van der Waals surface area contributed by atoms with Gasteiger partial charge in [0.25, 0.3) is 0 Å². The van der Waals surface area contributed by atoms with Crippen molar-refractivity contribution in [1.82, 2.24) is 4.90 Å². The number of hydrogen-bond donors (Lipinski definition) is 0. The van der Waals surface area contributed by atoms with Crippen molar-refractivity contribution in [1.29, 1.82) is 0 Å². The minimum absolute atomic E-state index is 0.230. The van der Waals surface area contributed by atoms with Gasteiger partial charge in [0.15, 0.2) is 0 Å². The van der Waals surface area contributed by atoms with E-state index in [1.807, 2.05) is 23.1 Å². The van der Waals surface area contributed by atoms with Gasteiger partial charge in [0, 0.05) is 25.4 Å². The summed E-state index contributed by atoms with van der Waals surface area (Å²) in [4.78, 5) is 13.9. The van der Waals surface area contributed by atoms with Gasteiger partial charge in [-0.1, -0.05) is 37.3 Å². The van der Waals surface area contributed by atoms with E-state index in [-0.39, 0.29) is 5.91 Å². The van der Waals surface area contributed by atoms with E-state index in [0.717, 1.165) is 25.8 Å². The first kappa shape index (κ1) is 15.0. The standard InChI is InChI=1S/C15H22ClNO/c1-2-12-17(13-11-16)15(18)10-6-9-14-7-4-3-5-8-14/h3-5,7-8H,2,6,9-13H2,1H3. The molecule has 18 heavy (non-hydrogen) atoms.